The zero-order valence-electron chi connectivity index (χ0n) is 13.9. The smallest absolute Gasteiger partial charge is 0.328 e. The van der Waals surface area contributed by atoms with Crippen molar-refractivity contribution >= 4 is 27.8 Å². The second-order valence-electron chi connectivity index (χ2n) is 5.76. The van der Waals surface area contributed by atoms with E-state index in [0.717, 1.165) is 21.2 Å². The highest BCUT2D eigenvalue weighted by Crippen LogP contribution is 2.13. The predicted octanol–water partition coefficient (Wildman–Crippen LogP) is 3.58. The molecule has 0 bridgehead atoms. The SMILES string of the molecule is COC(=O)[C@H](Cc1ccc(Br)cc1)NC(=O)c1cc(C)cc(C)c1. The van der Waals surface area contributed by atoms with Crippen molar-refractivity contribution in [3.05, 3.63) is 69.2 Å². The van der Waals surface area contributed by atoms with Gasteiger partial charge in [-0.25, -0.2) is 4.79 Å². The summed E-state index contributed by atoms with van der Waals surface area (Å²) < 4.78 is 5.79. The number of rotatable bonds is 5. The summed E-state index contributed by atoms with van der Waals surface area (Å²) in [4.78, 5) is 24.5. The molecule has 1 atom stereocenters. The topological polar surface area (TPSA) is 55.4 Å². The van der Waals surface area contributed by atoms with Crippen LogP contribution in [0.4, 0.5) is 0 Å². The lowest BCUT2D eigenvalue weighted by Crippen LogP contribution is -2.43. The van der Waals surface area contributed by atoms with Crippen LogP contribution in [0.5, 0.6) is 0 Å². The van der Waals surface area contributed by atoms with E-state index in [4.69, 9.17) is 4.74 Å². The summed E-state index contributed by atoms with van der Waals surface area (Å²) in [5.74, 6) is -0.745. The summed E-state index contributed by atoms with van der Waals surface area (Å²) in [6, 6.07) is 12.5. The standard InChI is InChI=1S/C19H20BrNO3/c1-12-8-13(2)10-15(9-12)18(22)21-17(19(23)24-3)11-14-4-6-16(20)7-5-14/h4-10,17H,11H2,1-3H3,(H,21,22)/t17-/m0/s1. The van der Waals surface area contributed by atoms with Gasteiger partial charge in [0.25, 0.3) is 5.91 Å². The molecule has 0 saturated heterocycles. The first-order valence-electron chi connectivity index (χ1n) is 7.60. The Morgan fingerprint density at radius 2 is 1.67 bits per heavy atom. The normalized spacial score (nSPS) is 11.7. The molecule has 1 amide bonds. The number of carbonyl (C=O) groups is 2. The highest BCUT2D eigenvalue weighted by molar-refractivity contribution is 9.10. The molecule has 0 aliphatic heterocycles. The summed E-state index contributed by atoms with van der Waals surface area (Å²) >= 11 is 3.38. The molecule has 0 fully saturated rings. The molecule has 0 spiro atoms. The van der Waals surface area contributed by atoms with Crippen LogP contribution in [0.3, 0.4) is 0 Å². The summed E-state index contributed by atoms with van der Waals surface area (Å²) in [7, 11) is 1.32. The molecule has 0 saturated carbocycles. The van der Waals surface area contributed by atoms with Crippen LogP contribution in [-0.4, -0.2) is 25.0 Å². The Kier molecular flexibility index (Phi) is 6.15. The molecule has 5 heteroatoms. The highest BCUT2D eigenvalue weighted by Gasteiger charge is 2.22. The van der Waals surface area contributed by atoms with Gasteiger partial charge < -0.3 is 10.1 Å². The number of hydrogen-bond acceptors (Lipinski definition) is 3. The first-order valence-corrected chi connectivity index (χ1v) is 8.40. The number of benzene rings is 2. The number of nitrogens with one attached hydrogen (secondary N) is 1. The molecule has 0 unspecified atom stereocenters. The van der Waals surface area contributed by atoms with Gasteiger partial charge in [0.05, 0.1) is 7.11 Å². The Bertz CT molecular complexity index is 721. The summed E-state index contributed by atoms with van der Waals surface area (Å²) in [6.45, 7) is 3.87. The van der Waals surface area contributed by atoms with E-state index in [1.165, 1.54) is 7.11 Å². The number of esters is 1. The van der Waals surface area contributed by atoms with E-state index >= 15 is 0 Å². The largest absolute Gasteiger partial charge is 0.467 e. The highest BCUT2D eigenvalue weighted by atomic mass is 79.9. The molecule has 0 aliphatic carbocycles. The van der Waals surface area contributed by atoms with Gasteiger partial charge in [-0.3, -0.25) is 4.79 Å². The zero-order valence-corrected chi connectivity index (χ0v) is 15.5. The van der Waals surface area contributed by atoms with Gasteiger partial charge in [-0.05, 0) is 43.7 Å². The number of ether oxygens (including phenoxy) is 1. The van der Waals surface area contributed by atoms with Crippen molar-refractivity contribution in [1.29, 1.82) is 0 Å². The fourth-order valence-electron chi connectivity index (χ4n) is 2.54. The first-order chi connectivity index (χ1) is 11.4. The summed E-state index contributed by atoms with van der Waals surface area (Å²) in [6.07, 6.45) is 0.372. The number of methoxy groups -OCH3 is 1. The van der Waals surface area contributed by atoms with Gasteiger partial charge in [0, 0.05) is 16.5 Å². The summed E-state index contributed by atoms with van der Waals surface area (Å²) in [5, 5.41) is 2.78. The number of halogens is 1. The van der Waals surface area contributed by atoms with Gasteiger partial charge in [0.15, 0.2) is 0 Å². The third kappa shape index (κ3) is 4.93. The second kappa shape index (κ2) is 8.11. The van der Waals surface area contributed by atoms with Gasteiger partial charge in [-0.2, -0.15) is 0 Å². The minimum absolute atomic E-state index is 0.283. The van der Waals surface area contributed by atoms with Gasteiger partial charge in [0.2, 0.25) is 0 Å². The predicted molar refractivity (Wildman–Crippen MR) is 97.0 cm³/mol. The van der Waals surface area contributed by atoms with Crippen LogP contribution in [0.2, 0.25) is 0 Å². The van der Waals surface area contributed by atoms with Crippen molar-refractivity contribution in [2.75, 3.05) is 7.11 Å². The van der Waals surface area contributed by atoms with Crippen molar-refractivity contribution in [2.24, 2.45) is 0 Å². The van der Waals surface area contributed by atoms with Crippen LogP contribution >= 0.6 is 15.9 Å². The van der Waals surface area contributed by atoms with Crippen LogP contribution in [0.15, 0.2) is 46.9 Å². The maximum atomic E-state index is 12.5. The molecule has 126 valence electrons. The van der Waals surface area contributed by atoms with Gasteiger partial charge in [-0.1, -0.05) is 45.3 Å². The second-order valence-corrected chi connectivity index (χ2v) is 6.67. The number of aryl methyl sites for hydroxylation is 2. The molecule has 0 radical (unpaired) electrons. The van der Waals surface area contributed by atoms with Crippen LogP contribution < -0.4 is 5.32 Å². The van der Waals surface area contributed by atoms with Gasteiger partial charge in [0.1, 0.15) is 6.04 Å². The Balaban J connectivity index is 2.17. The molecule has 0 aliphatic rings. The number of carbonyl (C=O) groups excluding carboxylic acids is 2. The van der Waals surface area contributed by atoms with Gasteiger partial charge in [-0.15, -0.1) is 0 Å². The lowest BCUT2D eigenvalue weighted by Gasteiger charge is -2.17. The van der Waals surface area contributed by atoms with E-state index in [2.05, 4.69) is 21.2 Å². The van der Waals surface area contributed by atoms with Crippen LogP contribution in [0, 0.1) is 13.8 Å². The number of hydrogen-bond donors (Lipinski definition) is 1. The molecule has 2 aromatic rings. The summed E-state index contributed by atoms with van der Waals surface area (Å²) in [5.41, 5.74) is 3.48. The minimum Gasteiger partial charge on any atom is -0.467 e. The molecule has 2 aromatic carbocycles. The van der Waals surface area contributed by atoms with Crippen molar-refractivity contribution in [3.8, 4) is 0 Å². The molecule has 24 heavy (non-hydrogen) atoms. The van der Waals surface area contributed by atoms with E-state index in [9.17, 15) is 9.59 Å². The average Bonchev–Trinajstić information content (AvgIpc) is 2.54. The monoisotopic (exact) mass is 389 g/mol. The fraction of sp³-hybridized carbons (Fsp3) is 0.263. The zero-order chi connectivity index (χ0) is 17.7. The van der Waals surface area contributed by atoms with E-state index in [0.29, 0.717) is 12.0 Å². The number of amides is 1. The van der Waals surface area contributed by atoms with Gasteiger partial charge >= 0.3 is 5.97 Å². The Morgan fingerprint density at radius 3 is 2.21 bits per heavy atom. The van der Waals surface area contributed by atoms with E-state index in [1.807, 2.05) is 44.2 Å². The van der Waals surface area contributed by atoms with Crippen LogP contribution in [0.1, 0.15) is 27.0 Å². The Labute approximate surface area is 150 Å². The van der Waals surface area contributed by atoms with Crippen molar-refractivity contribution in [2.45, 2.75) is 26.3 Å². The maximum Gasteiger partial charge on any atom is 0.328 e. The first kappa shape index (κ1) is 18.2. The van der Waals surface area contributed by atoms with Crippen LogP contribution in [0.25, 0.3) is 0 Å². The molecule has 4 nitrogen and oxygen atoms in total. The quantitative estimate of drug-likeness (QED) is 0.795. The molecule has 0 aromatic heterocycles. The lowest BCUT2D eigenvalue weighted by molar-refractivity contribution is -0.142. The minimum atomic E-state index is -0.732. The van der Waals surface area contributed by atoms with Crippen molar-refractivity contribution in [3.63, 3.8) is 0 Å². The molecule has 1 N–H and O–H groups in total. The van der Waals surface area contributed by atoms with Crippen molar-refractivity contribution in [1.82, 2.24) is 5.32 Å². The Hall–Kier alpha value is -2.14. The molecular weight excluding hydrogens is 370 g/mol. The Morgan fingerprint density at radius 1 is 1.08 bits per heavy atom. The maximum absolute atomic E-state index is 12.5. The molecule has 2 rings (SSSR count). The van der Waals surface area contributed by atoms with Crippen molar-refractivity contribution < 1.29 is 14.3 Å². The fourth-order valence-corrected chi connectivity index (χ4v) is 2.80. The average molecular weight is 390 g/mol. The lowest BCUT2D eigenvalue weighted by atomic mass is 10.0. The molecular formula is C19H20BrNO3. The van der Waals surface area contributed by atoms with E-state index in [1.54, 1.807) is 12.1 Å². The van der Waals surface area contributed by atoms with E-state index < -0.39 is 12.0 Å². The van der Waals surface area contributed by atoms with Crippen LogP contribution in [-0.2, 0) is 16.0 Å². The third-order valence-corrected chi connectivity index (χ3v) is 4.16. The third-order valence-electron chi connectivity index (χ3n) is 3.63. The van der Waals surface area contributed by atoms with E-state index in [-0.39, 0.29) is 5.91 Å². The molecule has 0 heterocycles.